The molecule has 1 heterocycles. The van der Waals surface area contributed by atoms with E-state index in [2.05, 4.69) is 17.2 Å². The Hall–Kier alpha value is -0.960. The number of nitrogens with zero attached hydrogens (tertiary/aromatic N) is 1. The fourth-order valence-electron chi connectivity index (χ4n) is 1.09. The average molecular weight is 168 g/mol. The molecule has 1 rings (SSSR count). The van der Waals surface area contributed by atoms with E-state index in [0.29, 0.717) is 5.92 Å². The summed E-state index contributed by atoms with van der Waals surface area (Å²) in [7, 11) is 1.89. The molecule has 12 heavy (non-hydrogen) atoms. The molecular formula is C9H13FN2. The highest BCUT2D eigenvalue weighted by molar-refractivity contribution is 5.09. The van der Waals surface area contributed by atoms with Gasteiger partial charge in [-0.15, -0.1) is 0 Å². The first-order valence-electron chi connectivity index (χ1n) is 4.00. The molecule has 66 valence electrons. The van der Waals surface area contributed by atoms with E-state index in [4.69, 9.17) is 0 Å². The average Bonchev–Trinajstić information content (AvgIpc) is 2.06. The number of pyridine rings is 1. The molecule has 0 fully saturated rings. The first-order valence-corrected chi connectivity index (χ1v) is 4.00. The molecule has 0 aliphatic carbocycles. The van der Waals surface area contributed by atoms with Crippen molar-refractivity contribution in [3.8, 4) is 0 Å². The maximum Gasteiger partial charge on any atom is 0.141 e. The molecule has 2 nitrogen and oxygen atoms in total. The van der Waals surface area contributed by atoms with Crippen molar-refractivity contribution < 1.29 is 4.39 Å². The third-order valence-electron chi connectivity index (χ3n) is 1.77. The predicted octanol–water partition coefficient (Wildman–Crippen LogP) is 1.54. The summed E-state index contributed by atoms with van der Waals surface area (Å²) >= 11 is 0. The van der Waals surface area contributed by atoms with Crippen LogP contribution in [0.2, 0.25) is 0 Å². The first kappa shape index (κ1) is 9.13. The van der Waals surface area contributed by atoms with Crippen LogP contribution in [-0.4, -0.2) is 18.6 Å². The summed E-state index contributed by atoms with van der Waals surface area (Å²) in [4.78, 5) is 3.98. The van der Waals surface area contributed by atoms with Gasteiger partial charge in [0.15, 0.2) is 0 Å². The third-order valence-corrected chi connectivity index (χ3v) is 1.77. The molecule has 0 bridgehead atoms. The maximum absolute atomic E-state index is 12.5. The van der Waals surface area contributed by atoms with E-state index in [1.165, 1.54) is 12.3 Å². The van der Waals surface area contributed by atoms with E-state index in [1.54, 1.807) is 6.07 Å². The zero-order valence-electron chi connectivity index (χ0n) is 7.34. The van der Waals surface area contributed by atoms with Gasteiger partial charge in [0, 0.05) is 18.2 Å². The van der Waals surface area contributed by atoms with E-state index >= 15 is 0 Å². The summed E-state index contributed by atoms with van der Waals surface area (Å²) in [6.07, 6.45) is 1.25. The van der Waals surface area contributed by atoms with Crippen LogP contribution in [-0.2, 0) is 0 Å². The van der Waals surface area contributed by atoms with Crippen LogP contribution in [0.3, 0.4) is 0 Å². The summed E-state index contributed by atoms with van der Waals surface area (Å²) in [6, 6.07) is 3.16. The Bertz CT molecular complexity index is 233. The molecule has 1 unspecified atom stereocenters. The van der Waals surface area contributed by atoms with Crippen LogP contribution in [0.1, 0.15) is 18.5 Å². The monoisotopic (exact) mass is 168 g/mol. The minimum absolute atomic E-state index is 0.282. The van der Waals surface area contributed by atoms with E-state index < -0.39 is 0 Å². The van der Waals surface area contributed by atoms with Gasteiger partial charge >= 0.3 is 0 Å². The van der Waals surface area contributed by atoms with Gasteiger partial charge < -0.3 is 5.32 Å². The van der Waals surface area contributed by atoms with Gasteiger partial charge in [0.05, 0.1) is 6.20 Å². The van der Waals surface area contributed by atoms with Gasteiger partial charge in [-0.05, 0) is 19.2 Å². The van der Waals surface area contributed by atoms with Gasteiger partial charge in [0.2, 0.25) is 0 Å². The second-order valence-electron chi connectivity index (χ2n) is 2.86. The van der Waals surface area contributed by atoms with Gasteiger partial charge in [0.25, 0.3) is 0 Å². The Labute approximate surface area is 71.8 Å². The zero-order valence-corrected chi connectivity index (χ0v) is 7.34. The van der Waals surface area contributed by atoms with Gasteiger partial charge in [-0.25, -0.2) is 4.39 Å². The van der Waals surface area contributed by atoms with Crippen molar-refractivity contribution in [2.24, 2.45) is 0 Å². The topological polar surface area (TPSA) is 24.9 Å². The van der Waals surface area contributed by atoms with Gasteiger partial charge in [-0.2, -0.15) is 0 Å². The Morgan fingerprint density at radius 1 is 1.58 bits per heavy atom. The van der Waals surface area contributed by atoms with Crippen LogP contribution in [0, 0.1) is 5.82 Å². The molecule has 0 amide bonds. The van der Waals surface area contributed by atoms with Crippen molar-refractivity contribution in [2.75, 3.05) is 13.6 Å². The molecule has 1 aromatic heterocycles. The second-order valence-corrected chi connectivity index (χ2v) is 2.86. The lowest BCUT2D eigenvalue weighted by Gasteiger charge is -2.08. The minimum atomic E-state index is -0.282. The van der Waals surface area contributed by atoms with Gasteiger partial charge in [0.1, 0.15) is 5.82 Å². The van der Waals surface area contributed by atoms with E-state index in [-0.39, 0.29) is 5.82 Å². The van der Waals surface area contributed by atoms with Crippen molar-refractivity contribution >= 4 is 0 Å². The number of likely N-dealkylation sites (N-methyl/N-ethyl adjacent to an activating group) is 1. The van der Waals surface area contributed by atoms with Crippen LogP contribution in [0.4, 0.5) is 4.39 Å². The van der Waals surface area contributed by atoms with Crippen LogP contribution >= 0.6 is 0 Å². The summed E-state index contributed by atoms with van der Waals surface area (Å²) < 4.78 is 12.5. The normalized spacial score (nSPS) is 12.9. The van der Waals surface area contributed by atoms with E-state index in [9.17, 15) is 4.39 Å². The fourth-order valence-corrected chi connectivity index (χ4v) is 1.09. The Kier molecular flexibility index (Phi) is 3.17. The Balaban J connectivity index is 2.68. The summed E-state index contributed by atoms with van der Waals surface area (Å²) in [5.41, 5.74) is 0.922. The van der Waals surface area contributed by atoms with Gasteiger partial charge in [-0.3, -0.25) is 4.98 Å². The number of hydrogen-bond donors (Lipinski definition) is 1. The minimum Gasteiger partial charge on any atom is -0.319 e. The fraction of sp³-hybridized carbons (Fsp3) is 0.444. The number of nitrogens with one attached hydrogen (secondary N) is 1. The Morgan fingerprint density at radius 3 is 2.83 bits per heavy atom. The van der Waals surface area contributed by atoms with E-state index in [1.807, 2.05) is 7.05 Å². The van der Waals surface area contributed by atoms with E-state index in [0.717, 1.165) is 12.2 Å². The molecule has 1 atom stereocenters. The molecule has 1 N–H and O–H groups in total. The molecule has 0 saturated carbocycles. The molecule has 0 aromatic carbocycles. The molecule has 1 aromatic rings. The lowest BCUT2D eigenvalue weighted by Crippen LogP contribution is -2.15. The molecule has 0 aliphatic rings. The number of halogens is 1. The molecule has 0 spiro atoms. The lowest BCUT2D eigenvalue weighted by atomic mass is 10.1. The standard InChI is InChI=1S/C9H13FN2/c1-7(5-11-2)9-4-3-8(10)6-12-9/h3-4,6-7,11H,5H2,1-2H3. The van der Waals surface area contributed by atoms with Gasteiger partial charge in [-0.1, -0.05) is 6.92 Å². The van der Waals surface area contributed by atoms with Crippen molar-refractivity contribution in [1.29, 1.82) is 0 Å². The smallest absolute Gasteiger partial charge is 0.141 e. The van der Waals surface area contributed by atoms with Crippen molar-refractivity contribution in [2.45, 2.75) is 12.8 Å². The largest absolute Gasteiger partial charge is 0.319 e. The SMILES string of the molecule is CNCC(C)c1ccc(F)cn1. The second kappa shape index (κ2) is 4.16. The predicted molar refractivity (Wildman–Crippen MR) is 46.5 cm³/mol. The van der Waals surface area contributed by atoms with Crippen molar-refractivity contribution in [3.63, 3.8) is 0 Å². The highest BCUT2D eigenvalue weighted by Crippen LogP contribution is 2.10. The molecule has 0 aliphatic heterocycles. The quantitative estimate of drug-likeness (QED) is 0.740. The van der Waals surface area contributed by atoms with Crippen LogP contribution < -0.4 is 5.32 Å². The van der Waals surface area contributed by atoms with Crippen molar-refractivity contribution in [3.05, 3.63) is 29.8 Å². The molecule has 0 radical (unpaired) electrons. The first-order chi connectivity index (χ1) is 5.74. The highest BCUT2D eigenvalue weighted by atomic mass is 19.1. The zero-order chi connectivity index (χ0) is 8.97. The molecule has 3 heteroatoms. The summed E-state index contributed by atoms with van der Waals surface area (Å²) in [5.74, 6) is 0.0472. The Morgan fingerprint density at radius 2 is 2.33 bits per heavy atom. The number of rotatable bonds is 3. The van der Waals surface area contributed by atoms with Crippen LogP contribution in [0.25, 0.3) is 0 Å². The lowest BCUT2D eigenvalue weighted by molar-refractivity contribution is 0.609. The maximum atomic E-state index is 12.5. The summed E-state index contributed by atoms with van der Waals surface area (Å²) in [5, 5.41) is 3.05. The third kappa shape index (κ3) is 2.27. The number of aromatic nitrogens is 1. The van der Waals surface area contributed by atoms with Crippen molar-refractivity contribution in [1.82, 2.24) is 10.3 Å². The summed E-state index contributed by atoms with van der Waals surface area (Å²) in [6.45, 7) is 2.91. The molecular weight excluding hydrogens is 155 g/mol. The van der Waals surface area contributed by atoms with Crippen LogP contribution in [0.15, 0.2) is 18.3 Å². The molecule has 0 saturated heterocycles. The highest BCUT2D eigenvalue weighted by Gasteiger charge is 2.04. The number of hydrogen-bond acceptors (Lipinski definition) is 2. The van der Waals surface area contributed by atoms with Crippen LogP contribution in [0.5, 0.6) is 0 Å².